The quantitative estimate of drug-likeness (QED) is 0.521. The van der Waals surface area contributed by atoms with E-state index in [0.29, 0.717) is 38.5 Å². The molecule has 2 heterocycles. The van der Waals surface area contributed by atoms with Crippen LogP contribution in [0, 0.1) is 23.2 Å². The molecule has 2 aromatic heterocycles. The summed E-state index contributed by atoms with van der Waals surface area (Å²) in [6.07, 6.45) is 6.92. The summed E-state index contributed by atoms with van der Waals surface area (Å²) in [7, 11) is 0. The summed E-state index contributed by atoms with van der Waals surface area (Å²) in [6.45, 7) is 0.719. The van der Waals surface area contributed by atoms with Gasteiger partial charge in [-0.15, -0.1) is 11.3 Å². The van der Waals surface area contributed by atoms with Crippen LogP contribution in [-0.4, -0.2) is 15.6 Å². The van der Waals surface area contributed by atoms with Crippen molar-refractivity contribution in [1.29, 1.82) is 5.26 Å². The molecule has 2 N–H and O–H groups in total. The number of nitriles is 1. The van der Waals surface area contributed by atoms with Crippen LogP contribution in [0.3, 0.4) is 0 Å². The summed E-state index contributed by atoms with van der Waals surface area (Å²) in [5.41, 5.74) is 0.583. The van der Waals surface area contributed by atoms with Crippen LogP contribution in [0.2, 0.25) is 4.34 Å². The van der Waals surface area contributed by atoms with E-state index in [1.165, 1.54) is 11.3 Å². The van der Waals surface area contributed by atoms with Gasteiger partial charge in [0.15, 0.2) is 0 Å². The van der Waals surface area contributed by atoms with Crippen LogP contribution in [0.25, 0.3) is 10.8 Å². The Morgan fingerprint density at radius 2 is 2.14 bits per heavy atom. The fraction of sp³-hybridized carbons (Fsp3) is 0.364. The number of rotatable bonds is 5. The number of hydrogen-bond donors (Lipinski definition) is 2. The van der Waals surface area contributed by atoms with Crippen LogP contribution in [0.5, 0.6) is 5.88 Å². The lowest BCUT2D eigenvalue weighted by atomic mass is 9.80. The summed E-state index contributed by atoms with van der Waals surface area (Å²) in [5, 5.41) is 24.3. The van der Waals surface area contributed by atoms with Crippen molar-refractivity contribution in [3.8, 4) is 11.9 Å². The molecule has 1 aromatic carbocycles. The highest BCUT2D eigenvalue weighted by Crippen LogP contribution is 2.37. The predicted octanol–water partition coefficient (Wildman–Crippen LogP) is 6.03. The molecule has 7 heteroatoms. The zero-order valence-electron chi connectivity index (χ0n) is 15.9. The van der Waals surface area contributed by atoms with E-state index in [9.17, 15) is 9.90 Å². The zero-order valence-corrected chi connectivity index (χ0v) is 17.5. The first-order valence-corrected chi connectivity index (χ1v) is 11.0. The largest absolute Gasteiger partial charge is 0.494 e. The van der Waals surface area contributed by atoms with Crippen molar-refractivity contribution in [3.63, 3.8) is 0 Å². The second kappa shape index (κ2) is 8.48. The van der Waals surface area contributed by atoms with Gasteiger partial charge in [0.1, 0.15) is 0 Å². The Hall–Kier alpha value is -2.49. The van der Waals surface area contributed by atoms with Crippen molar-refractivity contribution in [2.24, 2.45) is 11.8 Å². The zero-order chi connectivity index (χ0) is 20.4. The Kier molecular flexibility index (Phi) is 5.79. The smallest absolute Gasteiger partial charge is 0.265 e. The third-order valence-corrected chi connectivity index (χ3v) is 6.89. The summed E-state index contributed by atoms with van der Waals surface area (Å²) in [5.74, 6) is 0.829. The number of aromatic hydroxyl groups is 1. The van der Waals surface area contributed by atoms with Crippen LogP contribution < -0.4 is 5.32 Å². The first kappa shape index (κ1) is 19.8. The first-order valence-electron chi connectivity index (χ1n) is 9.79. The minimum Gasteiger partial charge on any atom is -0.494 e. The van der Waals surface area contributed by atoms with Crippen LogP contribution in [0.1, 0.15) is 41.8 Å². The van der Waals surface area contributed by atoms with Gasteiger partial charge in [-0.05, 0) is 49.3 Å². The number of nitrogens with zero attached hydrogens (tertiary/aromatic N) is 2. The lowest BCUT2D eigenvalue weighted by Gasteiger charge is -2.28. The highest BCUT2D eigenvalue weighted by atomic mass is 35.5. The van der Waals surface area contributed by atoms with E-state index in [2.05, 4.69) is 11.4 Å². The van der Waals surface area contributed by atoms with E-state index in [1.54, 1.807) is 18.2 Å². The Morgan fingerprint density at radius 3 is 2.90 bits per heavy atom. The molecule has 1 fully saturated rings. The fourth-order valence-corrected chi connectivity index (χ4v) is 5.26. The first-order chi connectivity index (χ1) is 14.0. The van der Waals surface area contributed by atoms with Crippen molar-refractivity contribution in [1.82, 2.24) is 4.57 Å². The molecule has 2 unspecified atom stereocenters. The highest BCUT2D eigenvalue weighted by molar-refractivity contribution is 7.18. The molecular formula is C22H22ClN3O2S. The third kappa shape index (κ3) is 4.26. The molecule has 1 amide bonds. The molecule has 5 nitrogen and oxygen atoms in total. The minimum absolute atomic E-state index is 0.169. The van der Waals surface area contributed by atoms with Gasteiger partial charge in [-0.2, -0.15) is 5.26 Å². The van der Waals surface area contributed by atoms with E-state index in [-0.39, 0.29) is 11.8 Å². The summed E-state index contributed by atoms with van der Waals surface area (Å²) in [4.78, 5) is 13.1. The van der Waals surface area contributed by atoms with Gasteiger partial charge in [-0.3, -0.25) is 4.79 Å². The molecule has 0 spiro atoms. The van der Waals surface area contributed by atoms with E-state index in [1.807, 2.05) is 22.9 Å². The minimum atomic E-state index is -0.242. The second-order valence-corrected chi connectivity index (χ2v) is 9.41. The van der Waals surface area contributed by atoms with Gasteiger partial charge < -0.3 is 15.0 Å². The number of halogens is 1. The van der Waals surface area contributed by atoms with Crippen molar-refractivity contribution in [2.45, 2.75) is 38.6 Å². The maximum absolute atomic E-state index is 12.5. The number of nitrogens with one attached hydrogen (secondary N) is 1. The number of benzene rings is 1. The number of aromatic nitrogens is 1. The van der Waals surface area contributed by atoms with Gasteiger partial charge in [-0.25, -0.2) is 0 Å². The Morgan fingerprint density at radius 1 is 1.31 bits per heavy atom. The summed E-state index contributed by atoms with van der Waals surface area (Å²) < 4.78 is 2.44. The summed E-state index contributed by atoms with van der Waals surface area (Å²) in [6, 6.07) is 11.3. The number of hydrogen-bond acceptors (Lipinski definition) is 4. The Balaban J connectivity index is 1.56. The summed E-state index contributed by atoms with van der Waals surface area (Å²) >= 11 is 7.15. The molecule has 150 valence electrons. The van der Waals surface area contributed by atoms with E-state index < -0.39 is 0 Å². The molecule has 0 aliphatic heterocycles. The SMILES string of the molecule is N#CCC1CCCC(Cn2cc3cccc(NC(=O)c4ccc(Cl)s4)c3c2O)C1. The molecule has 3 aromatic rings. The number of anilines is 1. The van der Waals surface area contributed by atoms with Crippen LogP contribution in [0.15, 0.2) is 36.5 Å². The van der Waals surface area contributed by atoms with E-state index in [4.69, 9.17) is 16.9 Å². The average Bonchev–Trinajstić information content (AvgIpc) is 3.27. The average molecular weight is 428 g/mol. The molecule has 29 heavy (non-hydrogen) atoms. The van der Waals surface area contributed by atoms with Crippen molar-refractivity contribution in [2.75, 3.05) is 5.32 Å². The van der Waals surface area contributed by atoms with E-state index >= 15 is 0 Å². The van der Waals surface area contributed by atoms with Gasteiger partial charge in [0, 0.05) is 24.5 Å². The van der Waals surface area contributed by atoms with Crippen molar-refractivity contribution < 1.29 is 9.90 Å². The number of carbonyl (C=O) groups excluding carboxylic acids is 1. The van der Waals surface area contributed by atoms with Gasteiger partial charge in [-0.1, -0.05) is 30.2 Å². The molecule has 0 bridgehead atoms. The van der Waals surface area contributed by atoms with Gasteiger partial charge >= 0.3 is 0 Å². The van der Waals surface area contributed by atoms with Gasteiger partial charge in [0.2, 0.25) is 5.88 Å². The second-order valence-electron chi connectivity index (χ2n) is 7.69. The number of fused-ring (bicyclic) bond motifs is 1. The molecule has 1 aliphatic carbocycles. The fourth-order valence-electron chi connectivity index (χ4n) is 4.32. The molecule has 4 rings (SSSR count). The van der Waals surface area contributed by atoms with Crippen molar-refractivity contribution >= 4 is 45.3 Å². The van der Waals surface area contributed by atoms with Gasteiger partial charge in [0.25, 0.3) is 5.91 Å². The molecule has 2 atom stereocenters. The molecular weight excluding hydrogens is 406 g/mol. The topological polar surface area (TPSA) is 78.0 Å². The highest BCUT2D eigenvalue weighted by Gasteiger charge is 2.24. The van der Waals surface area contributed by atoms with Crippen LogP contribution in [0.4, 0.5) is 5.69 Å². The van der Waals surface area contributed by atoms with Crippen LogP contribution in [-0.2, 0) is 6.54 Å². The molecule has 0 radical (unpaired) electrons. The molecule has 0 saturated heterocycles. The van der Waals surface area contributed by atoms with Gasteiger partial charge in [0.05, 0.1) is 26.4 Å². The number of thiophene rings is 1. The Bertz CT molecular complexity index is 1080. The third-order valence-electron chi connectivity index (χ3n) is 5.66. The lowest BCUT2D eigenvalue weighted by molar-refractivity contribution is 0.103. The number of amides is 1. The Labute approximate surface area is 178 Å². The maximum atomic E-state index is 12.5. The number of carbonyl (C=O) groups is 1. The maximum Gasteiger partial charge on any atom is 0.265 e. The lowest BCUT2D eigenvalue weighted by Crippen LogP contribution is -2.19. The molecule has 1 saturated carbocycles. The van der Waals surface area contributed by atoms with E-state index in [0.717, 1.165) is 37.6 Å². The van der Waals surface area contributed by atoms with Crippen molar-refractivity contribution in [3.05, 3.63) is 45.7 Å². The monoisotopic (exact) mass is 427 g/mol. The normalized spacial score (nSPS) is 19.2. The predicted molar refractivity (Wildman–Crippen MR) is 117 cm³/mol. The standard InChI is InChI=1S/C22H22ClN3O2S/c23-19-8-7-18(29-19)21(27)25-17-6-2-5-16-13-26(22(28)20(16)17)12-15-4-1-3-14(11-15)9-10-24/h2,5-8,13-15,28H,1,3-4,9,11-12H2,(H,25,27). The molecule has 1 aliphatic rings. The van der Waals surface area contributed by atoms with Crippen LogP contribution >= 0.6 is 22.9 Å².